The predicted octanol–water partition coefficient (Wildman–Crippen LogP) is 3.92. The minimum Gasteiger partial charge on any atom is -0.355 e. The average molecular weight is 458 g/mol. The van der Waals surface area contributed by atoms with Crippen molar-refractivity contribution >= 4 is 28.1 Å². The number of carbonyl (C=O) groups is 1. The van der Waals surface area contributed by atoms with Crippen LogP contribution in [0.5, 0.6) is 0 Å². The summed E-state index contributed by atoms with van der Waals surface area (Å²) < 4.78 is 33.6. The molecule has 0 radical (unpaired) electrons. The molecular formula is C24H31N3O4S. The maximum atomic E-state index is 13.4. The fraction of sp³-hybridized carbons (Fsp3) is 0.500. The molecule has 4 rings (SSSR count). The molecule has 1 aliphatic carbocycles. The number of nitrogens with zero attached hydrogens (tertiary/aromatic N) is 2. The number of benzene rings is 1. The van der Waals surface area contributed by atoms with Gasteiger partial charge in [0.15, 0.2) is 10.7 Å². The lowest BCUT2D eigenvalue weighted by molar-refractivity contribution is -0.126. The highest BCUT2D eigenvalue weighted by Crippen LogP contribution is 2.29. The summed E-state index contributed by atoms with van der Waals surface area (Å²) in [4.78, 5) is 12.7. The maximum Gasteiger partial charge on any atom is 0.248 e. The zero-order valence-electron chi connectivity index (χ0n) is 18.7. The second-order valence-electron chi connectivity index (χ2n) is 8.87. The molecule has 2 aromatic rings. The van der Waals surface area contributed by atoms with Crippen molar-refractivity contribution < 1.29 is 17.7 Å². The van der Waals surface area contributed by atoms with Gasteiger partial charge in [-0.2, -0.15) is 4.31 Å². The number of piperidine rings is 1. The molecule has 1 aromatic heterocycles. The largest absolute Gasteiger partial charge is 0.355 e. The molecular weight excluding hydrogens is 426 g/mol. The molecule has 1 amide bonds. The van der Waals surface area contributed by atoms with E-state index in [1.54, 1.807) is 13.0 Å². The van der Waals surface area contributed by atoms with Gasteiger partial charge in [0.2, 0.25) is 15.9 Å². The van der Waals surface area contributed by atoms with E-state index < -0.39 is 10.0 Å². The first kappa shape index (κ1) is 22.7. The van der Waals surface area contributed by atoms with Crippen molar-refractivity contribution in [3.63, 3.8) is 0 Å². The van der Waals surface area contributed by atoms with Gasteiger partial charge in [0.25, 0.3) is 0 Å². The number of sulfonamides is 1. The van der Waals surface area contributed by atoms with E-state index in [0.29, 0.717) is 31.6 Å². The minimum absolute atomic E-state index is 0.0665. The number of hydrogen-bond donors (Lipinski definition) is 1. The monoisotopic (exact) mass is 457 g/mol. The molecule has 1 saturated carbocycles. The molecule has 0 atom stereocenters. The van der Waals surface area contributed by atoms with E-state index in [0.717, 1.165) is 24.0 Å². The Bertz CT molecular complexity index is 1070. The van der Waals surface area contributed by atoms with Crippen LogP contribution in [0, 0.1) is 19.8 Å². The summed E-state index contributed by atoms with van der Waals surface area (Å²) in [5.74, 6) is 0.160. The first-order chi connectivity index (χ1) is 15.3. The Morgan fingerprint density at radius 3 is 2.38 bits per heavy atom. The van der Waals surface area contributed by atoms with Crippen molar-refractivity contribution in [1.29, 1.82) is 0 Å². The van der Waals surface area contributed by atoms with E-state index in [1.165, 1.54) is 17.1 Å². The Balaban J connectivity index is 1.44. The Morgan fingerprint density at radius 1 is 1.06 bits per heavy atom. The van der Waals surface area contributed by atoms with Gasteiger partial charge in [0, 0.05) is 25.0 Å². The predicted molar refractivity (Wildman–Crippen MR) is 123 cm³/mol. The Labute approximate surface area is 189 Å². The van der Waals surface area contributed by atoms with Crippen molar-refractivity contribution in [2.45, 2.75) is 63.3 Å². The van der Waals surface area contributed by atoms with E-state index in [-0.39, 0.29) is 28.5 Å². The molecule has 2 fully saturated rings. The smallest absolute Gasteiger partial charge is 0.248 e. The molecule has 0 unspecified atom stereocenters. The van der Waals surface area contributed by atoms with Crippen LogP contribution in [0.25, 0.3) is 12.2 Å². The van der Waals surface area contributed by atoms with Crippen LogP contribution < -0.4 is 5.32 Å². The van der Waals surface area contributed by atoms with Crippen LogP contribution in [0.15, 0.2) is 33.7 Å². The first-order valence-corrected chi connectivity index (χ1v) is 12.8. The zero-order chi connectivity index (χ0) is 22.7. The van der Waals surface area contributed by atoms with Crippen LogP contribution in [0.3, 0.4) is 0 Å². The van der Waals surface area contributed by atoms with Crippen LogP contribution in [-0.2, 0) is 14.8 Å². The fourth-order valence-corrected chi connectivity index (χ4v) is 6.24. The Morgan fingerprint density at radius 2 is 1.72 bits per heavy atom. The summed E-state index contributed by atoms with van der Waals surface area (Å²) in [6.45, 7) is 4.29. The van der Waals surface area contributed by atoms with Crippen LogP contribution in [-0.4, -0.2) is 42.9 Å². The quantitative estimate of drug-likeness (QED) is 0.710. The first-order valence-electron chi connectivity index (χ1n) is 11.4. The molecule has 1 N–H and O–H groups in total. The second-order valence-corrected chi connectivity index (χ2v) is 10.7. The number of carbonyl (C=O) groups excluding carboxylic acids is 1. The molecule has 2 aliphatic rings. The maximum absolute atomic E-state index is 13.4. The SMILES string of the molecule is Cc1ccc(/C=C/c2onc(C)c2S(=O)(=O)N2CCC(C(=O)NC3CCCC3)CC2)cc1. The lowest BCUT2D eigenvalue weighted by Gasteiger charge is -2.31. The molecule has 1 aliphatic heterocycles. The van der Waals surface area contributed by atoms with E-state index in [1.807, 2.05) is 37.3 Å². The van der Waals surface area contributed by atoms with Crippen LogP contribution in [0.2, 0.25) is 0 Å². The number of amides is 1. The number of nitrogens with one attached hydrogen (secondary N) is 1. The number of aromatic nitrogens is 1. The van der Waals surface area contributed by atoms with E-state index >= 15 is 0 Å². The van der Waals surface area contributed by atoms with Gasteiger partial charge in [-0.25, -0.2) is 8.42 Å². The summed E-state index contributed by atoms with van der Waals surface area (Å²) in [6, 6.07) is 8.20. The Kier molecular flexibility index (Phi) is 6.81. The van der Waals surface area contributed by atoms with Gasteiger partial charge in [-0.1, -0.05) is 53.9 Å². The fourth-order valence-electron chi connectivity index (χ4n) is 4.52. The standard InChI is InChI=1S/C24H31N3O4S/c1-17-7-9-19(10-8-17)11-12-22-23(18(2)26-31-22)32(29,30)27-15-13-20(14-16-27)24(28)25-21-5-3-4-6-21/h7-12,20-21H,3-6,13-16H2,1-2H3,(H,25,28)/b12-11+. The zero-order valence-corrected chi connectivity index (χ0v) is 19.5. The van der Waals surface area contributed by atoms with Gasteiger partial charge >= 0.3 is 0 Å². The molecule has 1 saturated heterocycles. The third-order valence-corrected chi connectivity index (χ3v) is 8.52. The highest BCUT2D eigenvalue weighted by atomic mass is 32.2. The highest BCUT2D eigenvalue weighted by molar-refractivity contribution is 7.89. The molecule has 8 heteroatoms. The van der Waals surface area contributed by atoms with Crippen LogP contribution in [0.4, 0.5) is 0 Å². The summed E-state index contributed by atoms with van der Waals surface area (Å²) >= 11 is 0. The van der Waals surface area contributed by atoms with E-state index in [2.05, 4.69) is 10.5 Å². The molecule has 2 heterocycles. The summed E-state index contributed by atoms with van der Waals surface area (Å²) in [6.07, 6.45) is 8.95. The van der Waals surface area contributed by atoms with Crippen LogP contribution in [0.1, 0.15) is 61.1 Å². The summed E-state index contributed by atoms with van der Waals surface area (Å²) in [5, 5.41) is 7.05. The topological polar surface area (TPSA) is 92.5 Å². The third kappa shape index (κ3) is 4.96. The molecule has 0 bridgehead atoms. The lowest BCUT2D eigenvalue weighted by atomic mass is 9.97. The minimum atomic E-state index is -3.77. The molecule has 1 aromatic carbocycles. The van der Waals surface area contributed by atoms with Gasteiger partial charge in [0.1, 0.15) is 5.69 Å². The van der Waals surface area contributed by atoms with Crippen molar-refractivity contribution in [2.75, 3.05) is 13.1 Å². The van der Waals surface area contributed by atoms with Gasteiger partial charge in [-0.3, -0.25) is 4.79 Å². The van der Waals surface area contributed by atoms with Gasteiger partial charge in [-0.05, 0) is 51.2 Å². The van der Waals surface area contributed by atoms with Crippen molar-refractivity contribution in [1.82, 2.24) is 14.8 Å². The Hall–Kier alpha value is -2.45. The van der Waals surface area contributed by atoms with Crippen molar-refractivity contribution in [3.05, 3.63) is 46.8 Å². The molecule has 32 heavy (non-hydrogen) atoms. The van der Waals surface area contributed by atoms with Crippen molar-refractivity contribution in [3.8, 4) is 0 Å². The van der Waals surface area contributed by atoms with Gasteiger partial charge < -0.3 is 9.84 Å². The lowest BCUT2D eigenvalue weighted by Crippen LogP contribution is -2.45. The molecule has 172 valence electrons. The normalized spacial score (nSPS) is 19.1. The van der Waals surface area contributed by atoms with E-state index in [9.17, 15) is 13.2 Å². The van der Waals surface area contributed by atoms with Crippen molar-refractivity contribution in [2.24, 2.45) is 5.92 Å². The summed E-state index contributed by atoms with van der Waals surface area (Å²) in [7, 11) is -3.77. The highest BCUT2D eigenvalue weighted by Gasteiger charge is 2.36. The molecule has 7 nitrogen and oxygen atoms in total. The average Bonchev–Trinajstić information content (AvgIpc) is 3.43. The number of hydrogen-bond acceptors (Lipinski definition) is 5. The van der Waals surface area contributed by atoms with Crippen LogP contribution >= 0.6 is 0 Å². The van der Waals surface area contributed by atoms with Gasteiger partial charge in [-0.15, -0.1) is 0 Å². The van der Waals surface area contributed by atoms with E-state index in [4.69, 9.17) is 4.52 Å². The van der Waals surface area contributed by atoms with Gasteiger partial charge in [0.05, 0.1) is 0 Å². The molecule has 0 spiro atoms. The third-order valence-electron chi connectivity index (χ3n) is 6.46. The number of aryl methyl sites for hydroxylation is 2. The second kappa shape index (κ2) is 9.58. The number of rotatable bonds is 6. The summed E-state index contributed by atoms with van der Waals surface area (Å²) in [5.41, 5.74) is 2.44.